The first-order valence-corrected chi connectivity index (χ1v) is 6.98. The van der Waals surface area contributed by atoms with Crippen LogP contribution in [0.25, 0.3) is 0 Å². The number of nitrogens with zero attached hydrogens (tertiary/aromatic N) is 1. The third kappa shape index (κ3) is 2.54. The van der Waals surface area contributed by atoms with Crippen LogP contribution in [0.5, 0.6) is 0 Å². The molecule has 0 radical (unpaired) electrons. The Labute approximate surface area is 112 Å². The maximum absolute atomic E-state index is 12.2. The van der Waals surface area contributed by atoms with Gasteiger partial charge in [0, 0.05) is 18.8 Å². The summed E-state index contributed by atoms with van der Waals surface area (Å²) in [6.45, 7) is 2.81. The molecule has 1 aliphatic carbocycles. The highest BCUT2D eigenvalue weighted by Gasteiger charge is 2.28. The standard InChI is InChI=1S/C13H18ClN3O/c14-10-5-12(17(8-10)11-1-2-11)13(18)16-7-9-3-4-15-6-9/h5,8-9,11,15H,1-4,6-7H2,(H,16,18). The van der Waals surface area contributed by atoms with Crippen molar-refractivity contribution < 1.29 is 4.79 Å². The SMILES string of the molecule is O=C(NCC1CCNC1)c1cc(Cl)cn1C1CC1. The number of halogens is 1. The molecule has 1 saturated heterocycles. The molecule has 1 aliphatic heterocycles. The fraction of sp³-hybridized carbons (Fsp3) is 0.615. The van der Waals surface area contributed by atoms with Gasteiger partial charge in [0.25, 0.3) is 5.91 Å². The fourth-order valence-electron chi connectivity index (χ4n) is 2.50. The topological polar surface area (TPSA) is 46.1 Å². The van der Waals surface area contributed by atoms with Gasteiger partial charge in [-0.2, -0.15) is 0 Å². The molecule has 1 aromatic rings. The van der Waals surface area contributed by atoms with Crippen molar-refractivity contribution in [1.29, 1.82) is 0 Å². The summed E-state index contributed by atoms with van der Waals surface area (Å²) < 4.78 is 2.02. The van der Waals surface area contributed by atoms with Gasteiger partial charge in [-0.25, -0.2) is 0 Å². The molecule has 18 heavy (non-hydrogen) atoms. The Morgan fingerprint density at radius 3 is 3.00 bits per heavy atom. The molecule has 1 atom stereocenters. The molecule has 1 unspecified atom stereocenters. The van der Waals surface area contributed by atoms with Crippen LogP contribution in [-0.4, -0.2) is 30.1 Å². The summed E-state index contributed by atoms with van der Waals surface area (Å²) in [7, 11) is 0. The van der Waals surface area contributed by atoms with E-state index in [-0.39, 0.29) is 5.91 Å². The zero-order valence-electron chi connectivity index (χ0n) is 10.3. The molecular weight excluding hydrogens is 250 g/mol. The van der Waals surface area contributed by atoms with Crippen molar-refractivity contribution in [3.05, 3.63) is 23.0 Å². The minimum Gasteiger partial charge on any atom is -0.350 e. The Hall–Kier alpha value is -1.00. The lowest BCUT2D eigenvalue weighted by molar-refractivity contribution is 0.0938. The van der Waals surface area contributed by atoms with Gasteiger partial charge in [-0.3, -0.25) is 4.79 Å². The average molecular weight is 268 g/mol. The van der Waals surface area contributed by atoms with Gasteiger partial charge in [0.05, 0.1) is 5.02 Å². The first-order chi connectivity index (χ1) is 8.74. The maximum atomic E-state index is 12.2. The number of nitrogens with one attached hydrogen (secondary N) is 2. The molecule has 1 amide bonds. The second-order valence-corrected chi connectivity index (χ2v) is 5.69. The number of carbonyl (C=O) groups excluding carboxylic acids is 1. The largest absolute Gasteiger partial charge is 0.350 e. The molecule has 2 fully saturated rings. The van der Waals surface area contributed by atoms with Gasteiger partial charge in [-0.15, -0.1) is 0 Å². The lowest BCUT2D eigenvalue weighted by atomic mass is 10.1. The number of aromatic nitrogens is 1. The first kappa shape index (κ1) is 12.1. The van der Waals surface area contributed by atoms with Crippen LogP contribution < -0.4 is 10.6 Å². The third-order valence-corrected chi connectivity index (χ3v) is 3.91. The van der Waals surface area contributed by atoms with E-state index in [1.807, 2.05) is 10.8 Å². The van der Waals surface area contributed by atoms with Gasteiger partial charge in [-0.1, -0.05) is 11.6 Å². The summed E-state index contributed by atoms with van der Waals surface area (Å²) in [6.07, 6.45) is 5.31. The molecule has 0 spiro atoms. The highest BCUT2D eigenvalue weighted by atomic mass is 35.5. The van der Waals surface area contributed by atoms with Crippen molar-refractivity contribution in [3.63, 3.8) is 0 Å². The lowest BCUT2D eigenvalue weighted by Gasteiger charge is -2.11. The smallest absolute Gasteiger partial charge is 0.267 e. The minimum atomic E-state index is 0.000648. The van der Waals surface area contributed by atoms with E-state index in [0.717, 1.165) is 38.9 Å². The van der Waals surface area contributed by atoms with Crippen molar-refractivity contribution in [2.45, 2.75) is 25.3 Å². The van der Waals surface area contributed by atoms with Crippen LogP contribution in [0.15, 0.2) is 12.3 Å². The summed E-state index contributed by atoms with van der Waals surface area (Å²) >= 11 is 6.00. The van der Waals surface area contributed by atoms with Crippen molar-refractivity contribution in [1.82, 2.24) is 15.2 Å². The quantitative estimate of drug-likeness (QED) is 0.874. The second-order valence-electron chi connectivity index (χ2n) is 5.25. The zero-order chi connectivity index (χ0) is 12.5. The molecule has 2 aliphatic rings. The number of carbonyl (C=O) groups is 1. The minimum absolute atomic E-state index is 0.000648. The van der Waals surface area contributed by atoms with Gasteiger partial charge in [0.1, 0.15) is 5.69 Å². The van der Waals surface area contributed by atoms with E-state index in [4.69, 9.17) is 11.6 Å². The highest BCUT2D eigenvalue weighted by molar-refractivity contribution is 6.31. The Morgan fingerprint density at radius 1 is 1.50 bits per heavy atom. The molecule has 5 heteroatoms. The predicted molar refractivity (Wildman–Crippen MR) is 71.0 cm³/mol. The van der Waals surface area contributed by atoms with Crippen LogP contribution in [-0.2, 0) is 0 Å². The lowest BCUT2D eigenvalue weighted by Crippen LogP contribution is -2.31. The van der Waals surface area contributed by atoms with E-state index in [1.54, 1.807) is 6.07 Å². The Balaban J connectivity index is 1.64. The van der Waals surface area contributed by atoms with Crippen LogP contribution in [0.3, 0.4) is 0 Å². The Bertz CT molecular complexity index is 447. The second kappa shape index (κ2) is 4.94. The van der Waals surface area contributed by atoms with Crippen molar-refractivity contribution in [2.75, 3.05) is 19.6 Å². The maximum Gasteiger partial charge on any atom is 0.267 e. The van der Waals surface area contributed by atoms with Gasteiger partial charge in [0.15, 0.2) is 0 Å². The van der Waals surface area contributed by atoms with Gasteiger partial charge >= 0.3 is 0 Å². The number of amides is 1. The molecule has 2 N–H and O–H groups in total. The Kier molecular flexibility index (Phi) is 3.31. The van der Waals surface area contributed by atoms with E-state index in [2.05, 4.69) is 10.6 Å². The van der Waals surface area contributed by atoms with E-state index in [0.29, 0.717) is 22.7 Å². The summed E-state index contributed by atoms with van der Waals surface area (Å²) in [5.74, 6) is 0.564. The average Bonchev–Trinajstić information content (AvgIpc) is 2.92. The molecule has 3 rings (SSSR count). The zero-order valence-corrected chi connectivity index (χ0v) is 11.0. The molecule has 1 saturated carbocycles. The molecule has 2 heterocycles. The molecule has 0 bridgehead atoms. The van der Waals surface area contributed by atoms with Crippen LogP contribution in [0.4, 0.5) is 0 Å². The van der Waals surface area contributed by atoms with Crippen LogP contribution in [0, 0.1) is 5.92 Å². The van der Waals surface area contributed by atoms with Crippen LogP contribution >= 0.6 is 11.6 Å². The van der Waals surface area contributed by atoms with Gasteiger partial charge < -0.3 is 15.2 Å². The monoisotopic (exact) mass is 267 g/mol. The summed E-state index contributed by atoms with van der Waals surface area (Å²) in [4.78, 5) is 12.2. The summed E-state index contributed by atoms with van der Waals surface area (Å²) in [5.41, 5.74) is 0.702. The molecule has 1 aromatic heterocycles. The number of hydrogen-bond donors (Lipinski definition) is 2. The number of rotatable bonds is 4. The predicted octanol–water partition coefficient (Wildman–Crippen LogP) is 1.82. The van der Waals surface area contributed by atoms with Gasteiger partial charge in [-0.05, 0) is 44.3 Å². The van der Waals surface area contributed by atoms with Crippen LogP contribution in [0.1, 0.15) is 35.8 Å². The fourth-order valence-corrected chi connectivity index (χ4v) is 2.71. The molecule has 98 valence electrons. The van der Waals surface area contributed by atoms with E-state index in [9.17, 15) is 4.79 Å². The molecular formula is C13H18ClN3O. The van der Waals surface area contributed by atoms with Crippen molar-refractivity contribution in [2.24, 2.45) is 5.92 Å². The van der Waals surface area contributed by atoms with Crippen molar-refractivity contribution in [3.8, 4) is 0 Å². The normalized spacial score (nSPS) is 23.3. The summed E-state index contributed by atoms with van der Waals surface area (Å²) in [5, 5.41) is 6.97. The van der Waals surface area contributed by atoms with E-state index in [1.165, 1.54) is 0 Å². The number of hydrogen-bond acceptors (Lipinski definition) is 2. The van der Waals surface area contributed by atoms with Crippen molar-refractivity contribution >= 4 is 17.5 Å². The third-order valence-electron chi connectivity index (χ3n) is 3.70. The Morgan fingerprint density at radius 2 is 2.33 bits per heavy atom. The van der Waals surface area contributed by atoms with E-state index >= 15 is 0 Å². The molecule has 0 aromatic carbocycles. The summed E-state index contributed by atoms with van der Waals surface area (Å²) in [6, 6.07) is 2.24. The first-order valence-electron chi connectivity index (χ1n) is 6.60. The van der Waals surface area contributed by atoms with Gasteiger partial charge in [0.2, 0.25) is 0 Å². The highest BCUT2D eigenvalue weighted by Crippen LogP contribution is 2.37. The molecule has 4 nitrogen and oxygen atoms in total. The van der Waals surface area contributed by atoms with Crippen LogP contribution in [0.2, 0.25) is 5.02 Å². The van der Waals surface area contributed by atoms with E-state index < -0.39 is 0 Å².